The Morgan fingerprint density at radius 1 is 1.62 bits per heavy atom. The summed E-state index contributed by atoms with van der Waals surface area (Å²) in [6.45, 7) is 5.31. The van der Waals surface area contributed by atoms with Gasteiger partial charge in [-0.25, -0.2) is 4.98 Å². The van der Waals surface area contributed by atoms with E-state index in [-0.39, 0.29) is 5.69 Å². The van der Waals surface area contributed by atoms with Crippen LogP contribution in [0.2, 0.25) is 0 Å². The monoisotopic (exact) mass is 219 g/mol. The summed E-state index contributed by atoms with van der Waals surface area (Å²) in [7, 11) is 0. The number of anilines is 1. The molecule has 0 radical (unpaired) electrons. The third kappa shape index (κ3) is 2.70. The lowest BCUT2D eigenvalue weighted by molar-refractivity contribution is -0.385. The van der Waals surface area contributed by atoms with Crippen LogP contribution in [0, 0.1) is 29.4 Å². The number of aromatic nitrogens is 1. The van der Waals surface area contributed by atoms with Gasteiger partial charge in [0.1, 0.15) is 12.0 Å². The van der Waals surface area contributed by atoms with Crippen molar-refractivity contribution in [1.82, 2.24) is 4.98 Å². The van der Waals surface area contributed by atoms with Crippen LogP contribution in [0.4, 0.5) is 11.5 Å². The largest absolute Gasteiger partial charge is 0.354 e. The molecule has 1 aromatic rings. The zero-order chi connectivity index (χ0) is 12.3. The Morgan fingerprint density at radius 2 is 2.25 bits per heavy atom. The van der Waals surface area contributed by atoms with Crippen LogP contribution >= 0.6 is 0 Å². The Hall–Kier alpha value is -2.09. The Labute approximate surface area is 94.0 Å². The van der Waals surface area contributed by atoms with Crippen molar-refractivity contribution >= 4 is 11.5 Å². The lowest BCUT2D eigenvalue weighted by Crippen LogP contribution is -2.28. The number of rotatable bonds is 3. The minimum absolute atomic E-state index is 0.00376. The second-order valence-electron chi connectivity index (χ2n) is 4.01. The maximum Gasteiger partial charge on any atom is 0.290 e. The summed E-state index contributed by atoms with van der Waals surface area (Å²) in [5.74, 6) is 3.10. The molecule has 0 bridgehead atoms. The molecule has 1 N–H and O–H groups in total. The summed E-state index contributed by atoms with van der Waals surface area (Å²) in [6.07, 6.45) is 6.55. The predicted octanol–water partition coefficient (Wildman–Crippen LogP) is 2.12. The highest BCUT2D eigenvalue weighted by molar-refractivity contribution is 5.49. The quantitative estimate of drug-likeness (QED) is 0.480. The molecule has 0 spiro atoms. The van der Waals surface area contributed by atoms with Crippen LogP contribution in [-0.2, 0) is 0 Å². The Balaban J connectivity index is 2.99. The van der Waals surface area contributed by atoms with Crippen molar-refractivity contribution in [2.24, 2.45) is 0 Å². The molecule has 1 heterocycles. The molecule has 0 amide bonds. The maximum atomic E-state index is 10.6. The highest BCUT2D eigenvalue weighted by Gasteiger charge is 2.16. The average Bonchev–Trinajstić information content (AvgIpc) is 2.16. The van der Waals surface area contributed by atoms with Crippen LogP contribution < -0.4 is 5.32 Å². The van der Waals surface area contributed by atoms with Crippen LogP contribution in [0.3, 0.4) is 0 Å². The van der Waals surface area contributed by atoms with Crippen LogP contribution in [0.5, 0.6) is 0 Å². The van der Waals surface area contributed by atoms with Gasteiger partial charge in [-0.05, 0) is 26.8 Å². The molecule has 0 aliphatic carbocycles. The summed E-state index contributed by atoms with van der Waals surface area (Å²) in [4.78, 5) is 14.1. The van der Waals surface area contributed by atoms with E-state index >= 15 is 0 Å². The second-order valence-corrected chi connectivity index (χ2v) is 4.01. The summed E-state index contributed by atoms with van der Waals surface area (Å²) in [5, 5.41) is 13.6. The van der Waals surface area contributed by atoms with E-state index in [1.54, 1.807) is 13.0 Å². The van der Waals surface area contributed by atoms with E-state index in [4.69, 9.17) is 6.42 Å². The van der Waals surface area contributed by atoms with Crippen molar-refractivity contribution in [3.05, 3.63) is 27.9 Å². The van der Waals surface area contributed by atoms with Crippen LogP contribution in [0.1, 0.15) is 19.4 Å². The van der Waals surface area contributed by atoms with Crippen molar-refractivity contribution in [3.63, 3.8) is 0 Å². The zero-order valence-electron chi connectivity index (χ0n) is 9.44. The zero-order valence-corrected chi connectivity index (χ0v) is 9.44. The molecule has 0 aliphatic rings. The van der Waals surface area contributed by atoms with Crippen molar-refractivity contribution in [3.8, 4) is 12.3 Å². The standard InChI is InChI=1S/C11H13N3O2/c1-5-11(3,4)13-10-6-8(2)9(7-12-10)14(15)16/h1,6-7H,2-4H3,(H,12,13). The third-order valence-electron chi connectivity index (χ3n) is 2.08. The lowest BCUT2D eigenvalue weighted by Gasteiger charge is -2.20. The molecule has 0 unspecified atom stereocenters. The van der Waals surface area contributed by atoms with Gasteiger partial charge in [-0.3, -0.25) is 10.1 Å². The molecular formula is C11H13N3O2. The topological polar surface area (TPSA) is 68.1 Å². The van der Waals surface area contributed by atoms with Gasteiger partial charge in [-0.1, -0.05) is 5.92 Å². The minimum atomic E-state index is -0.532. The van der Waals surface area contributed by atoms with E-state index < -0.39 is 10.5 Å². The van der Waals surface area contributed by atoms with Crippen LogP contribution in [-0.4, -0.2) is 15.4 Å². The smallest absolute Gasteiger partial charge is 0.290 e. The molecule has 0 saturated carbocycles. The van der Waals surface area contributed by atoms with Gasteiger partial charge >= 0.3 is 0 Å². The van der Waals surface area contributed by atoms with Gasteiger partial charge in [0, 0.05) is 5.56 Å². The van der Waals surface area contributed by atoms with Gasteiger partial charge in [0.2, 0.25) is 0 Å². The van der Waals surface area contributed by atoms with Gasteiger partial charge in [0.15, 0.2) is 0 Å². The number of nitro groups is 1. The number of pyridine rings is 1. The van der Waals surface area contributed by atoms with Crippen molar-refractivity contribution in [2.45, 2.75) is 26.3 Å². The van der Waals surface area contributed by atoms with E-state index in [1.165, 1.54) is 6.20 Å². The lowest BCUT2D eigenvalue weighted by atomic mass is 10.1. The van der Waals surface area contributed by atoms with Gasteiger partial charge in [-0.15, -0.1) is 6.42 Å². The number of aryl methyl sites for hydroxylation is 1. The van der Waals surface area contributed by atoms with E-state index in [1.807, 2.05) is 13.8 Å². The third-order valence-corrected chi connectivity index (χ3v) is 2.08. The molecule has 1 aromatic heterocycles. The number of nitrogens with zero attached hydrogens (tertiary/aromatic N) is 2. The first-order chi connectivity index (χ1) is 7.35. The predicted molar refractivity (Wildman–Crippen MR) is 62.2 cm³/mol. The van der Waals surface area contributed by atoms with Gasteiger partial charge in [-0.2, -0.15) is 0 Å². The van der Waals surface area contributed by atoms with Crippen LogP contribution in [0.15, 0.2) is 12.3 Å². The first-order valence-corrected chi connectivity index (χ1v) is 4.73. The van der Waals surface area contributed by atoms with E-state index in [2.05, 4.69) is 16.2 Å². The second kappa shape index (κ2) is 4.19. The normalized spacial score (nSPS) is 10.6. The Morgan fingerprint density at radius 3 is 2.69 bits per heavy atom. The summed E-state index contributed by atoms with van der Waals surface area (Å²) < 4.78 is 0. The highest BCUT2D eigenvalue weighted by atomic mass is 16.6. The fraction of sp³-hybridized carbons (Fsp3) is 0.364. The van der Waals surface area contributed by atoms with Crippen molar-refractivity contribution < 1.29 is 4.92 Å². The molecule has 0 aliphatic heterocycles. The fourth-order valence-corrected chi connectivity index (χ4v) is 1.16. The molecule has 16 heavy (non-hydrogen) atoms. The van der Waals surface area contributed by atoms with Crippen molar-refractivity contribution in [1.29, 1.82) is 0 Å². The molecule has 0 fully saturated rings. The molecule has 1 rings (SSSR count). The molecule has 84 valence electrons. The summed E-state index contributed by atoms with van der Waals surface area (Å²) in [6, 6.07) is 1.61. The SMILES string of the molecule is C#CC(C)(C)Nc1cc(C)c([N+](=O)[O-])cn1. The number of nitrogens with one attached hydrogen (secondary N) is 1. The molecule has 5 heteroatoms. The summed E-state index contributed by atoms with van der Waals surface area (Å²) >= 11 is 0. The van der Waals surface area contributed by atoms with Gasteiger partial charge in [0.25, 0.3) is 5.69 Å². The van der Waals surface area contributed by atoms with Gasteiger partial charge in [0.05, 0.1) is 10.5 Å². The Bertz CT molecular complexity index is 461. The molecule has 0 saturated heterocycles. The number of hydrogen-bond acceptors (Lipinski definition) is 4. The molecule has 0 atom stereocenters. The number of terminal acetylenes is 1. The first-order valence-electron chi connectivity index (χ1n) is 4.73. The van der Waals surface area contributed by atoms with E-state index in [0.717, 1.165) is 0 Å². The van der Waals surface area contributed by atoms with E-state index in [9.17, 15) is 10.1 Å². The van der Waals surface area contributed by atoms with E-state index in [0.29, 0.717) is 11.4 Å². The Kier molecular flexibility index (Phi) is 3.14. The molecular weight excluding hydrogens is 206 g/mol. The van der Waals surface area contributed by atoms with Gasteiger partial charge < -0.3 is 5.32 Å². The maximum absolute atomic E-state index is 10.6. The molecule has 0 aromatic carbocycles. The average molecular weight is 219 g/mol. The number of hydrogen-bond donors (Lipinski definition) is 1. The molecule has 5 nitrogen and oxygen atoms in total. The first kappa shape index (κ1) is 12.0. The summed E-state index contributed by atoms with van der Waals surface area (Å²) in [5.41, 5.74) is 0.0228. The van der Waals surface area contributed by atoms with Crippen molar-refractivity contribution in [2.75, 3.05) is 5.32 Å². The minimum Gasteiger partial charge on any atom is -0.354 e. The highest BCUT2D eigenvalue weighted by Crippen LogP contribution is 2.20. The van der Waals surface area contributed by atoms with Crippen LogP contribution in [0.25, 0.3) is 0 Å². The fourth-order valence-electron chi connectivity index (χ4n) is 1.16.